The van der Waals surface area contributed by atoms with E-state index in [4.69, 9.17) is 34.8 Å². The van der Waals surface area contributed by atoms with Crippen LogP contribution in [0.5, 0.6) is 0 Å². The third-order valence-electron chi connectivity index (χ3n) is 5.28. The maximum Gasteiger partial charge on any atom is 0.250 e. The first-order valence-electron chi connectivity index (χ1n) is 9.95. The molecule has 1 aromatic heterocycles. The van der Waals surface area contributed by atoms with Crippen LogP contribution in [-0.4, -0.2) is 16.2 Å². The molecule has 0 bridgehead atoms. The van der Waals surface area contributed by atoms with Gasteiger partial charge in [-0.3, -0.25) is 5.43 Å². The van der Waals surface area contributed by atoms with E-state index < -0.39 is 3.79 Å². The van der Waals surface area contributed by atoms with E-state index in [1.54, 1.807) is 0 Å². The summed E-state index contributed by atoms with van der Waals surface area (Å²) >= 11 is 18.2. The lowest BCUT2D eigenvalue weighted by atomic mass is 9.97. The predicted molar refractivity (Wildman–Crippen MR) is 136 cm³/mol. The van der Waals surface area contributed by atoms with E-state index in [1.807, 2.05) is 55.6 Å². The number of hydrazone groups is 1. The number of fused-ring (bicyclic) bond motifs is 3. The van der Waals surface area contributed by atoms with E-state index >= 15 is 0 Å². The fourth-order valence-corrected chi connectivity index (χ4v) is 4.05. The second kappa shape index (κ2) is 8.21. The molecule has 4 aromatic carbocycles. The van der Waals surface area contributed by atoms with Gasteiger partial charge in [0.25, 0.3) is 0 Å². The van der Waals surface area contributed by atoms with Crippen molar-refractivity contribution in [2.24, 2.45) is 5.10 Å². The zero-order valence-electron chi connectivity index (χ0n) is 17.0. The van der Waals surface area contributed by atoms with Crippen molar-refractivity contribution >= 4 is 79.3 Å². The molecule has 1 N–H and O–H groups in total. The van der Waals surface area contributed by atoms with Crippen LogP contribution < -0.4 is 5.43 Å². The van der Waals surface area contributed by atoms with Crippen LogP contribution in [-0.2, 0) is 3.79 Å². The minimum Gasteiger partial charge on any atom is -0.261 e. The van der Waals surface area contributed by atoms with Crippen LogP contribution in [0.2, 0.25) is 0 Å². The van der Waals surface area contributed by atoms with Crippen molar-refractivity contribution in [3.63, 3.8) is 0 Å². The van der Waals surface area contributed by atoms with E-state index in [0.29, 0.717) is 11.3 Å². The van der Waals surface area contributed by atoms with Crippen molar-refractivity contribution in [2.45, 2.75) is 10.7 Å². The highest BCUT2D eigenvalue weighted by molar-refractivity contribution is 6.66. The molecule has 0 aliphatic rings. The molecule has 0 radical (unpaired) electrons. The lowest BCUT2D eigenvalue weighted by molar-refractivity contribution is 0.992. The summed E-state index contributed by atoms with van der Waals surface area (Å²) in [5.74, 6) is 0.563. The number of aromatic nitrogens is 2. The SMILES string of the molecule is Cc1ccc2nc(C(Cl)(Cl)Cl)nc(NN=Cc3c4ccccc4cc4ccccc34)c2c1. The summed E-state index contributed by atoms with van der Waals surface area (Å²) < 4.78 is -1.74. The van der Waals surface area contributed by atoms with Gasteiger partial charge in [-0.1, -0.05) is 95.0 Å². The summed E-state index contributed by atoms with van der Waals surface area (Å²) in [5, 5.41) is 9.84. The van der Waals surface area contributed by atoms with Gasteiger partial charge in [-0.2, -0.15) is 5.10 Å². The van der Waals surface area contributed by atoms with Gasteiger partial charge in [-0.25, -0.2) is 9.97 Å². The van der Waals surface area contributed by atoms with Gasteiger partial charge in [-0.05, 0) is 46.7 Å². The van der Waals surface area contributed by atoms with Gasteiger partial charge >= 0.3 is 0 Å². The number of benzene rings is 4. The molecule has 0 aliphatic heterocycles. The monoisotopic (exact) mass is 478 g/mol. The van der Waals surface area contributed by atoms with Gasteiger partial charge < -0.3 is 0 Å². The first-order chi connectivity index (χ1) is 15.4. The highest BCUT2D eigenvalue weighted by Gasteiger charge is 2.28. The van der Waals surface area contributed by atoms with Crippen LogP contribution in [0.4, 0.5) is 5.82 Å². The van der Waals surface area contributed by atoms with Gasteiger partial charge in [0.15, 0.2) is 11.6 Å². The van der Waals surface area contributed by atoms with E-state index in [2.05, 4.69) is 50.8 Å². The zero-order valence-corrected chi connectivity index (χ0v) is 19.2. The number of nitrogens with zero attached hydrogens (tertiary/aromatic N) is 3. The number of rotatable bonds is 3. The Morgan fingerprint density at radius 3 is 2.12 bits per heavy atom. The van der Waals surface area contributed by atoms with Gasteiger partial charge in [-0.15, -0.1) is 0 Å². The van der Waals surface area contributed by atoms with Crippen molar-refractivity contribution in [3.8, 4) is 0 Å². The second-order valence-electron chi connectivity index (χ2n) is 7.52. The van der Waals surface area contributed by atoms with Gasteiger partial charge in [0.1, 0.15) is 0 Å². The quantitative estimate of drug-likeness (QED) is 0.126. The number of hydrogen-bond acceptors (Lipinski definition) is 4. The van der Waals surface area contributed by atoms with Gasteiger partial charge in [0.05, 0.1) is 11.7 Å². The van der Waals surface area contributed by atoms with Gasteiger partial charge in [0, 0.05) is 10.9 Å². The van der Waals surface area contributed by atoms with E-state index in [-0.39, 0.29) is 5.82 Å². The highest BCUT2D eigenvalue weighted by atomic mass is 35.6. The molecule has 1 heterocycles. The van der Waals surface area contributed by atoms with Crippen LogP contribution in [0, 0.1) is 6.92 Å². The molecule has 5 aromatic rings. The Morgan fingerprint density at radius 1 is 0.812 bits per heavy atom. The molecule has 32 heavy (non-hydrogen) atoms. The molecule has 0 atom stereocenters. The number of nitrogens with one attached hydrogen (secondary N) is 1. The molecular formula is C25H17Cl3N4. The maximum atomic E-state index is 6.06. The van der Waals surface area contributed by atoms with Gasteiger partial charge in [0.2, 0.25) is 3.79 Å². The van der Waals surface area contributed by atoms with Crippen LogP contribution in [0.1, 0.15) is 17.0 Å². The molecule has 0 amide bonds. The fraction of sp³-hybridized carbons (Fsp3) is 0.0800. The Bertz CT molecular complexity index is 1450. The van der Waals surface area contributed by atoms with E-state index in [9.17, 15) is 0 Å². The molecular weight excluding hydrogens is 463 g/mol. The fourth-order valence-electron chi connectivity index (χ4n) is 3.80. The normalized spacial score (nSPS) is 12.2. The van der Waals surface area contributed by atoms with Crippen molar-refractivity contribution in [1.82, 2.24) is 9.97 Å². The molecule has 0 saturated heterocycles. The largest absolute Gasteiger partial charge is 0.261 e. The smallest absolute Gasteiger partial charge is 0.250 e. The zero-order chi connectivity index (χ0) is 22.3. The molecule has 0 fully saturated rings. The van der Waals surface area contributed by atoms with Crippen molar-refractivity contribution in [1.29, 1.82) is 0 Å². The van der Waals surface area contributed by atoms with Crippen LogP contribution in [0.3, 0.4) is 0 Å². The van der Waals surface area contributed by atoms with Crippen molar-refractivity contribution in [3.05, 3.63) is 89.7 Å². The Morgan fingerprint density at radius 2 is 1.47 bits per heavy atom. The van der Waals surface area contributed by atoms with Crippen LogP contribution in [0.25, 0.3) is 32.4 Å². The summed E-state index contributed by atoms with van der Waals surface area (Å²) in [6.45, 7) is 2.00. The molecule has 0 saturated carbocycles. The molecule has 7 heteroatoms. The maximum absolute atomic E-state index is 6.06. The lowest BCUT2D eigenvalue weighted by Crippen LogP contribution is -2.09. The average Bonchev–Trinajstić information content (AvgIpc) is 2.78. The Hall–Kier alpha value is -2.92. The number of halogens is 3. The second-order valence-corrected chi connectivity index (χ2v) is 9.80. The van der Waals surface area contributed by atoms with E-state index in [1.165, 1.54) is 0 Å². The number of anilines is 1. The third-order valence-corrected chi connectivity index (χ3v) is 5.79. The number of alkyl halides is 3. The van der Waals surface area contributed by atoms with Crippen molar-refractivity contribution in [2.75, 3.05) is 5.43 Å². The van der Waals surface area contributed by atoms with Crippen LogP contribution >= 0.6 is 34.8 Å². The minimum absolute atomic E-state index is 0.0900. The molecule has 0 spiro atoms. The first kappa shape index (κ1) is 21.0. The standard InChI is InChI=1S/C25H17Cl3N4/c1-15-10-11-22-20(12-15)23(31-24(30-22)25(26,27)28)32-29-14-21-18-8-4-2-6-16(18)13-17-7-3-5-9-19(17)21/h2-14H,1H3,(H,30,31,32). The van der Waals surface area contributed by atoms with E-state index in [0.717, 1.165) is 38.1 Å². The summed E-state index contributed by atoms with van der Waals surface area (Å²) in [5.41, 5.74) is 5.80. The predicted octanol–water partition coefficient (Wildman–Crippen LogP) is 7.52. The minimum atomic E-state index is -1.74. The highest BCUT2D eigenvalue weighted by Crippen LogP contribution is 2.37. The summed E-state index contributed by atoms with van der Waals surface area (Å²) in [6, 6.07) is 24.5. The average molecular weight is 480 g/mol. The van der Waals surface area contributed by atoms with Crippen LogP contribution in [0.15, 0.2) is 77.9 Å². The summed E-state index contributed by atoms with van der Waals surface area (Å²) in [6.07, 6.45) is 1.81. The topological polar surface area (TPSA) is 50.2 Å². The molecule has 0 unspecified atom stereocenters. The summed E-state index contributed by atoms with van der Waals surface area (Å²) in [7, 11) is 0. The molecule has 5 rings (SSSR count). The van der Waals surface area contributed by atoms with Crippen molar-refractivity contribution < 1.29 is 0 Å². The molecule has 4 nitrogen and oxygen atoms in total. The summed E-state index contributed by atoms with van der Waals surface area (Å²) in [4.78, 5) is 8.83. The molecule has 158 valence electrons. The Balaban J connectivity index is 1.63. The molecule has 0 aliphatic carbocycles. The third kappa shape index (κ3) is 3.97. The first-order valence-corrected chi connectivity index (χ1v) is 11.1. The Kier molecular flexibility index (Phi) is 5.38. The lowest BCUT2D eigenvalue weighted by Gasteiger charge is -2.13. The number of aryl methyl sites for hydroxylation is 1. The Labute approximate surface area is 199 Å². The number of hydrogen-bond donors (Lipinski definition) is 1.